The average Bonchev–Trinajstić information content (AvgIpc) is 3.65. The van der Waals surface area contributed by atoms with Crippen LogP contribution >= 0.6 is 23.5 Å². The highest BCUT2D eigenvalue weighted by Gasteiger charge is 2.49. The smallest absolute Gasteiger partial charge is 0.381 e. The normalized spacial score (nSPS) is 23.8. The summed E-state index contributed by atoms with van der Waals surface area (Å²) < 4.78 is 107. The number of hydrogen-bond acceptors (Lipinski definition) is 14. The lowest BCUT2D eigenvalue weighted by Crippen LogP contribution is -2.49. The molecule has 2 spiro atoms. The van der Waals surface area contributed by atoms with Crippen molar-refractivity contribution in [2.75, 3.05) is 47.4 Å². The molecule has 2 aliphatic carbocycles. The van der Waals surface area contributed by atoms with Crippen LogP contribution in [-0.4, -0.2) is 80.5 Å². The Morgan fingerprint density at radius 3 is 1.25 bits per heavy atom. The maximum absolute atomic E-state index is 13.9. The van der Waals surface area contributed by atoms with Crippen LogP contribution in [0.25, 0.3) is 0 Å². The van der Waals surface area contributed by atoms with E-state index < -0.39 is 48.2 Å². The van der Waals surface area contributed by atoms with Crippen LogP contribution in [0.5, 0.6) is 0 Å². The molecule has 0 aromatic carbocycles. The lowest BCUT2D eigenvalue weighted by Gasteiger charge is -2.42. The van der Waals surface area contributed by atoms with Gasteiger partial charge in [-0.15, -0.1) is 0 Å². The van der Waals surface area contributed by atoms with Gasteiger partial charge in [0.05, 0.1) is 12.4 Å². The Balaban J connectivity index is 0.000000181. The molecular weight excluding hydrogens is 841 g/mol. The van der Waals surface area contributed by atoms with E-state index in [1.807, 2.05) is 9.80 Å². The van der Waals surface area contributed by atoms with Gasteiger partial charge in [0.15, 0.2) is 23.0 Å². The first-order valence-electron chi connectivity index (χ1n) is 19.3. The third-order valence-corrected chi connectivity index (χ3v) is 14.3. The highest BCUT2D eigenvalue weighted by molar-refractivity contribution is 7.99. The number of aromatic nitrogens is 6. The summed E-state index contributed by atoms with van der Waals surface area (Å²) in [6.07, 6.45) is -0.200. The Bertz CT molecular complexity index is 1980. The Morgan fingerprint density at radius 1 is 0.583 bits per heavy atom. The van der Waals surface area contributed by atoms with Crippen LogP contribution in [0, 0.1) is 10.8 Å². The van der Waals surface area contributed by atoms with Gasteiger partial charge in [-0.1, -0.05) is 23.5 Å². The van der Waals surface area contributed by atoms with Crippen molar-refractivity contribution in [1.29, 1.82) is 0 Å². The summed E-state index contributed by atoms with van der Waals surface area (Å²) in [5, 5.41) is 0.368. The zero-order chi connectivity index (χ0) is 43.0. The minimum atomic E-state index is -4.57. The summed E-state index contributed by atoms with van der Waals surface area (Å²) in [5.74, 6) is 1.21. The van der Waals surface area contributed by atoms with E-state index in [1.54, 1.807) is 0 Å². The van der Waals surface area contributed by atoms with Crippen LogP contribution < -0.4 is 32.7 Å². The van der Waals surface area contributed by atoms with Gasteiger partial charge >= 0.3 is 12.4 Å². The molecule has 0 unspecified atom stereocenters. The summed E-state index contributed by atoms with van der Waals surface area (Å²) in [4.78, 5) is 27.9. The van der Waals surface area contributed by atoms with E-state index in [2.05, 4.69) is 29.9 Å². The first kappa shape index (κ1) is 43.8. The molecule has 22 heteroatoms. The van der Waals surface area contributed by atoms with Gasteiger partial charge in [0.2, 0.25) is 0 Å². The number of alkyl halides is 8. The summed E-state index contributed by atoms with van der Waals surface area (Å²) in [7, 11) is 0. The van der Waals surface area contributed by atoms with Gasteiger partial charge in [-0.05, 0) is 86.5 Å². The van der Waals surface area contributed by atoms with Gasteiger partial charge in [0.25, 0.3) is 0 Å². The number of nitrogens with two attached hydrogens (primary N) is 4. The molecule has 8 N–H and O–H groups in total. The molecule has 4 aromatic heterocycles. The largest absolute Gasteiger partial charge is 0.434 e. The topological polar surface area (TPSA) is 188 Å². The highest BCUT2D eigenvalue weighted by Crippen LogP contribution is 2.49. The molecule has 4 atom stereocenters. The van der Waals surface area contributed by atoms with E-state index in [0.717, 1.165) is 74.4 Å². The summed E-state index contributed by atoms with van der Waals surface area (Å²) in [6.45, 7) is 2.62. The lowest BCUT2D eigenvalue weighted by molar-refractivity contribution is -0.144. The van der Waals surface area contributed by atoms with Crippen LogP contribution in [0.4, 0.5) is 58.4 Å². The molecule has 0 bridgehead atoms. The van der Waals surface area contributed by atoms with Gasteiger partial charge in [0.1, 0.15) is 34.0 Å². The molecule has 2 aliphatic heterocycles. The van der Waals surface area contributed by atoms with Crippen LogP contribution in [0.1, 0.15) is 62.8 Å². The summed E-state index contributed by atoms with van der Waals surface area (Å²) in [6, 6.07) is 4.63. The van der Waals surface area contributed by atoms with Crippen molar-refractivity contribution in [1.82, 2.24) is 29.9 Å². The Morgan fingerprint density at radius 2 is 0.950 bits per heavy atom. The van der Waals surface area contributed by atoms with E-state index in [9.17, 15) is 35.1 Å². The first-order chi connectivity index (χ1) is 28.4. The predicted octanol–water partition coefficient (Wildman–Crippen LogP) is 7.34. The second-order valence-corrected chi connectivity index (χ2v) is 17.7. The first-order valence-corrected chi connectivity index (χ1v) is 21.0. The number of piperidine rings is 2. The molecule has 324 valence electrons. The molecule has 6 heterocycles. The fraction of sp³-hybridized carbons (Fsp3) is 0.526. The minimum absolute atomic E-state index is 0.0520. The number of halogens is 8. The van der Waals surface area contributed by atoms with Gasteiger partial charge < -0.3 is 32.7 Å². The molecule has 2 saturated heterocycles. The Kier molecular flexibility index (Phi) is 12.6. The number of rotatable bonds is 6. The summed E-state index contributed by atoms with van der Waals surface area (Å²) in [5.41, 5.74) is 21.9. The lowest BCUT2D eigenvalue weighted by atomic mass is 9.74. The fourth-order valence-electron chi connectivity index (χ4n) is 8.65. The second-order valence-electron chi connectivity index (χ2n) is 15.6. The monoisotopic (exact) mass is 884 g/mol. The molecule has 0 amide bonds. The number of nitrogen functional groups attached to an aromatic ring is 2. The molecular formula is C38H44F8N12S2. The van der Waals surface area contributed by atoms with Crippen molar-refractivity contribution in [3.63, 3.8) is 0 Å². The van der Waals surface area contributed by atoms with Crippen molar-refractivity contribution in [3.8, 4) is 0 Å². The van der Waals surface area contributed by atoms with Crippen molar-refractivity contribution < 1.29 is 35.1 Å². The molecule has 4 aliphatic rings. The van der Waals surface area contributed by atoms with E-state index in [4.69, 9.17) is 22.9 Å². The predicted molar refractivity (Wildman–Crippen MR) is 212 cm³/mol. The molecule has 4 fully saturated rings. The zero-order valence-corrected chi connectivity index (χ0v) is 33.8. The van der Waals surface area contributed by atoms with Crippen LogP contribution in [0.2, 0.25) is 0 Å². The Hall–Kier alpha value is -4.28. The van der Waals surface area contributed by atoms with Crippen molar-refractivity contribution >= 4 is 46.8 Å². The zero-order valence-electron chi connectivity index (χ0n) is 32.1. The molecule has 8 rings (SSSR count). The highest BCUT2D eigenvalue weighted by atomic mass is 32.2. The third kappa shape index (κ3) is 9.15. The van der Waals surface area contributed by atoms with Crippen LogP contribution in [0.15, 0.2) is 68.9 Å². The van der Waals surface area contributed by atoms with E-state index in [0.29, 0.717) is 50.7 Å². The average molecular weight is 885 g/mol. The SMILES string of the molecule is Nc1nc(N2CCC3(CC[C@@H](F)[C@H]3N)CC2)cnc1Sc1cccnc1C(F)(F)F.Nc1nc(N2CCC3(CC[C@H](F)[C@H]3N)CC2)cnc1Sc1cccnc1C(F)(F)F. The van der Waals surface area contributed by atoms with Gasteiger partial charge in [-0.3, -0.25) is 9.97 Å². The molecule has 0 radical (unpaired) electrons. The maximum atomic E-state index is 13.9. The van der Waals surface area contributed by atoms with Crippen molar-refractivity contribution in [2.24, 2.45) is 22.3 Å². The molecule has 60 heavy (non-hydrogen) atoms. The van der Waals surface area contributed by atoms with Gasteiger partial charge in [-0.2, -0.15) is 26.3 Å². The molecule has 12 nitrogen and oxygen atoms in total. The van der Waals surface area contributed by atoms with Gasteiger partial charge in [0, 0.05) is 60.4 Å². The third-order valence-electron chi connectivity index (χ3n) is 12.2. The quantitative estimate of drug-likeness (QED) is 0.141. The molecule has 4 aromatic rings. The number of pyridine rings is 2. The van der Waals surface area contributed by atoms with Crippen LogP contribution in [-0.2, 0) is 12.4 Å². The fourth-order valence-corrected chi connectivity index (χ4v) is 10.4. The van der Waals surface area contributed by atoms with Crippen molar-refractivity contribution in [3.05, 3.63) is 60.4 Å². The molecule has 2 saturated carbocycles. The second kappa shape index (κ2) is 17.2. The van der Waals surface area contributed by atoms with Crippen LogP contribution in [0.3, 0.4) is 0 Å². The number of anilines is 4. The van der Waals surface area contributed by atoms with Crippen molar-refractivity contribution in [2.45, 2.75) is 108 Å². The maximum Gasteiger partial charge on any atom is 0.434 e. The standard InChI is InChI=1S/2C19H22F4N6S/c2*20-11-3-4-18(14(11)24)5-8-29(9-6-18)13-10-27-17(16(25)28-13)30-12-2-1-7-26-15(12)19(21,22)23/h2*1-2,7,10-11,14H,3-6,8-9,24H2,(H2,25,28)/t11-,14+;11-,14-/m01/s1. The van der Waals surface area contributed by atoms with E-state index in [1.165, 1.54) is 36.7 Å². The number of nitrogens with zero attached hydrogens (tertiary/aromatic N) is 8. The minimum Gasteiger partial charge on any atom is -0.381 e. The summed E-state index contributed by atoms with van der Waals surface area (Å²) >= 11 is 1.56. The van der Waals surface area contributed by atoms with Gasteiger partial charge in [-0.25, -0.2) is 28.7 Å². The van der Waals surface area contributed by atoms with E-state index >= 15 is 0 Å². The Labute approximate surface area is 349 Å². The number of hydrogen-bond donors (Lipinski definition) is 4. The van der Waals surface area contributed by atoms with E-state index in [-0.39, 0.29) is 42.3 Å².